The molecule has 9 heteroatoms. The van der Waals surface area contributed by atoms with E-state index in [2.05, 4.69) is 9.71 Å². The van der Waals surface area contributed by atoms with Crippen molar-refractivity contribution in [1.29, 1.82) is 0 Å². The number of carbonyl (C=O) groups is 1. The van der Waals surface area contributed by atoms with Crippen LogP contribution < -0.4 is 9.46 Å². The molecule has 4 rings (SSSR count). The molecule has 0 radical (unpaired) electrons. The first-order valence-electron chi connectivity index (χ1n) is 11.5. The smallest absolute Gasteiger partial charge is 0.341 e. The SMILES string of the molecule is CCOCc1cccc(-c2ccc(S(=O)(=O)NC3CCCc4c(OCC(=O)O)cccc43)nc2)c1. The van der Waals surface area contributed by atoms with Gasteiger partial charge < -0.3 is 14.6 Å². The third kappa shape index (κ3) is 6.05. The van der Waals surface area contributed by atoms with Crippen LogP contribution in [0.3, 0.4) is 0 Å². The van der Waals surface area contributed by atoms with Crippen LogP contribution in [0.25, 0.3) is 11.1 Å². The van der Waals surface area contributed by atoms with Crippen LogP contribution in [0.15, 0.2) is 65.8 Å². The number of aliphatic carboxylic acids is 1. The van der Waals surface area contributed by atoms with Crippen molar-refractivity contribution in [3.63, 3.8) is 0 Å². The molecule has 0 amide bonds. The Labute approximate surface area is 205 Å². The topological polar surface area (TPSA) is 115 Å². The maximum Gasteiger partial charge on any atom is 0.341 e. The van der Waals surface area contributed by atoms with E-state index in [-0.39, 0.29) is 5.03 Å². The number of sulfonamides is 1. The van der Waals surface area contributed by atoms with Crippen molar-refractivity contribution < 1.29 is 27.8 Å². The third-order valence-corrected chi connectivity index (χ3v) is 7.24. The monoisotopic (exact) mass is 496 g/mol. The van der Waals surface area contributed by atoms with Crippen molar-refractivity contribution in [2.24, 2.45) is 0 Å². The molecule has 1 unspecified atom stereocenters. The number of nitrogens with one attached hydrogen (secondary N) is 1. The highest BCUT2D eigenvalue weighted by molar-refractivity contribution is 7.89. The summed E-state index contributed by atoms with van der Waals surface area (Å²) in [4.78, 5) is 15.1. The normalized spacial score (nSPS) is 15.4. The molecule has 1 aromatic heterocycles. The highest BCUT2D eigenvalue weighted by Gasteiger charge is 2.28. The fraction of sp³-hybridized carbons (Fsp3) is 0.308. The Kier molecular flexibility index (Phi) is 7.80. The highest BCUT2D eigenvalue weighted by Crippen LogP contribution is 2.36. The summed E-state index contributed by atoms with van der Waals surface area (Å²) in [6.07, 6.45) is 3.62. The van der Waals surface area contributed by atoms with Crippen LogP contribution in [0.4, 0.5) is 0 Å². The van der Waals surface area contributed by atoms with Crippen LogP contribution in [0.1, 0.15) is 42.5 Å². The number of pyridine rings is 1. The van der Waals surface area contributed by atoms with Crippen LogP contribution >= 0.6 is 0 Å². The molecule has 1 aliphatic rings. The van der Waals surface area contributed by atoms with Crippen molar-refractivity contribution in [2.45, 2.75) is 43.9 Å². The van der Waals surface area contributed by atoms with E-state index in [1.165, 1.54) is 6.07 Å². The summed E-state index contributed by atoms with van der Waals surface area (Å²) in [7, 11) is -3.88. The Morgan fingerprint density at radius 3 is 2.71 bits per heavy atom. The van der Waals surface area contributed by atoms with Crippen LogP contribution in [0.5, 0.6) is 5.75 Å². The van der Waals surface area contributed by atoms with Gasteiger partial charge in [0.15, 0.2) is 11.6 Å². The van der Waals surface area contributed by atoms with E-state index in [1.54, 1.807) is 24.4 Å². The lowest BCUT2D eigenvalue weighted by Crippen LogP contribution is -2.31. The second kappa shape index (κ2) is 11.0. The molecule has 3 aromatic rings. The summed E-state index contributed by atoms with van der Waals surface area (Å²) in [6, 6.07) is 16.0. The number of ether oxygens (including phenoxy) is 2. The zero-order valence-electron chi connectivity index (χ0n) is 19.4. The van der Waals surface area contributed by atoms with Crippen molar-refractivity contribution in [3.05, 3.63) is 77.5 Å². The van der Waals surface area contributed by atoms with Gasteiger partial charge in [-0.15, -0.1) is 0 Å². The van der Waals surface area contributed by atoms with Gasteiger partial charge in [0.05, 0.1) is 6.61 Å². The Hall–Kier alpha value is -3.27. The van der Waals surface area contributed by atoms with Gasteiger partial charge in [-0.05, 0) is 72.7 Å². The number of aromatic nitrogens is 1. The van der Waals surface area contributed by atoms with E-state index in [0.717, 1.165) is 34.2 Å². The number of carboxylic acids is 1. The minimum absolute atomic E-state index is 0.0582. The van der Waals surface area contributed by atoms with E-state index < -0.39 is 28.6 Å². The first kappa shape index (κ1) is 24.8. The van der Waals surface area contributed by atoms with Gasteiger partial charge >= 0.3 is 5.97 Å². The Balaban J connectivity index is 1.52. The van der Waals surface area contributed by atoms with E-state index in [0.29, 0.717) is 31.8 Å². The number of nitrogens with zero attached hydrogens (tertiary/aromatic N) is 1. The van der Waals surface area contributed by atoms with E-state index in [9.17, 15) is 13.2 Å². The van der Waals surface area contributed by atoms with Gasteiger partial charge in [0.25, 0.3) is 10.0 Å². The van der Waals surface area contributed by atoms with Gasteiger partial charge in [0.2, 0.25) is 0 Å². The van der Waals surface area contributed by atoms with Crippen molar-refractivity contribution >= 4 is 16.0 Å². The fourth-order valence-corrected chi connectivity index (χ4v) is 5.41. The lowest BCUT2D eigenvalue weighted by atomic mass is 9.87. The van der Waals surface area contributed by atoms with Gasteiger partial charge in [0.1, 0.15) is 5.75 Å². The van der Waals surface area contributed by atoms with E-state index in [4.69, 9.17) is 14.6 Å². The summed E-state index contributed by atoms with van der Waals surface area (Å²) < 4.78 is 39.9. The lowest BCUT2D eigenvalue weighted by molar-refractivity contribution is -0.139. The molecular weight excluding hydrogens is 468 g/mol. The molecule has 8 nitrogen and oxygen atoms in total. The average molecular weight is 497 g/mol. The second-order valence-electron chi connectivity index (χ2n) is 8.30. The zero-order chi connectivity index (χ0) is 24.8. The molecule has 35 heavy (non-hydrogen) atoms. The molecule has 0 saturated carbocycles. The fourth-order valence-electron chi connectivity index (χ4n) is 4.23. The molecule has 0 spiro atoms. The minimum Gasteiger partial charge on any atom is -0.482 e. The summed E-state index contributed by atoms with van der Waals surface area (Å²) in [5.41, 5.74) is 4.41. The van der Waals surface area contributed by atoms with Crippen molar-refractivity contribution in [2.75, 3.05) is 13.2 Å². The van der Waals surface area contributed by atoms with Crippen LogP contribution in [0, 0.1) is 0 Å². The van der Waals surface area contributed by atoms with Gasteiger partial charge in [-0.25, -0.2) is 22.9 Å². The van der Waals surface area contributed by atoms with Gasteiger partial charge in [-0.2, -0.15) is 0 Å². The largest absolute Gasteiger partial charge is 0.482 e. The van der Waals surface area contributed by atoms with Crippen LogP contribution in [-0.4, -0.2) is 37.7 Å². The van der Waals surface area contributed by atoms with Gasteiger partial charge in [0, 0.05) is 24.4 Å². The summed E-state index contributed by atoms with van der Waals surface area (Å²) in [5.74, 6) is -0.589. The molecule has 1 heterocycles. The number of benzene rings is 2. The highest BCUT2D eigenvalue weighted by atomic mass is 32.2. The lowest BCUT2D eigenvalue weighted by Gasteiger charge is -2.27. The number of hydrogen-bond donors (Lipinski definition) is 2. The molecule has 0 fully saturated rings. The van der Waals surface area contributed by atoms with Gasteiger partial charge in [-0.3, -0.25) is 0 Å². The maximum absolute atomic E-state index is 13.1. The van der Waals surface area contributed by atoms with E-state index in [1.807, 2.05) is 37.3 Å². The molecule has 1 aliphatic carbocycles. The predicted octanol–water partition coefficient (Wildman–Crippen LogP) is 4.10. The minimum atomic E-state index is -3.88. The number of carboxylic acid groups (broad SMARTS) is 1. The third-order valence-electron chi connectivity index (χ3n) is 5.86. The molecule has 1 atom stereocenters. The Morgan fingerprint density at radius 2 is 1.97 bits per heavy atom. The molecule has 0 bridgehead atoms. The number of fused-ring (bicyclic) bond motifs is 1. The second-order valence-corrected chi connectivity index (χ2v) is 9.96. The van der Waals surface area contributed by atoms with Crippen LogP contribution in [-0.2, 0) is 32.6 Å². The summed E-state index contributed by atoms with van der Waals surface area (Å²) >= 11 is 0. The number of rotatable bonds is 10. The molecule has 0 aliphatic heterocycles. The Morgan fingerprint density at radius 1 is 1.14 bits per heavy atom. The van der Waals surface area contributed by atoms with Crippen molar-refractivity contribution in [1.82, 2.24) is 9.71 Å². The quantitative estimate of drug-likeness (QED) is 0.434. The van der Waals surface area contributed by atoms with Crippen molar-refractivity contribution in [3.8, 4) is 16.9 Å². The zero-order valence-corrected chi connectivity index (χ0v) is 20.3. The Bertz CT molecular complexity index is 1290. The molecule has 2 N–H and O–H groups in total. The first-order chi connectivity index (χ1) is 16.9. The van der Waals surface area contributed by atoms with Crippen LogP contribution in [0.2, 0.25) is 0 Å². The molecular formula is C26H28N2O6S. The maximum atomic E-state index is 13.1. The molecule has 2 aromatic carbocycles. The average Bonchev–Trinajstić information content (AvgIpc) is 2.86. The molecule has 0 saturated heterocycles. The van der Waals surface area contributed by atoms with E-state index >= 15 is 0 Å². The molecule has 184 valence electrons. The van der Waals surface area contributed by atoms with Gasteiger partial charge in [-0.1, -0.05) is 30.3 Å². The number of hydrogen-bond acceptors (Lipinski definition) is 6. The summed E-state index contributed by atoms with van der Waals surface area (Å²) in [5, 5.41) is 8.86. The standard InChI is InChI=1S/C26H28N2O6S/c1-2-33-16-18-6-3-7-19(14-18)20-12-13-25(27-15-20)35(31,32)28-23-10-4-9-22-21(23)8-5-11-24(22)34-17-26(29)30/h3,5-8,11-15,23,28H,2,4,9-10,16-17H2,1H3,(H,29,30). The predicted molar refractivity (Wildman–Crippen MR) is 131 cm³/mol. The first-order valence-corrected chi connectivity index (χ1v) is 13.0. The summed E-state index contributed by atoms with van der Waals surface area (Å²) in [6.45, 7) is 2.64.